The van der Waals surface area contributed by atoms with Crippen molar-refractivity contribution in [3.8, 4) is 0 Å². The Morgan fingerprint density at radius 1 is 1.11 bits per heavy atom. The Hall–Kier alpha value is -3.09. The lowest BCUT2D eigenvalue weighted by Gasteiger charge is -2.58. The lowest BCUT2D eigenvalue weighted by Crippen LogP contribution is -2.62. The van der Waals surface area contributed by atoms with Gasteiger partial charge in [-0.15, -0.1) is 0 Å². The number of hydrogen-bond acceptors (Lipinski definition) is 5. The number of carbonyl (C=O) groups excluding carboxylic acids is 1. The van der Waals surface area contributed by atoms with Crippen LogP contribution in [0.15, 0.2) is 60.9 Å². The molecule has 6 heteroatoms. The molecule has 3 N–H and O–H groups in total. The lowest BCUT2D eigenvalue weighted by molar-refractivity contribution is -0.207. The van der Waals surface area contributed by atoms with Gasteiger partial charge in [0.25, 0.3) is 5.91 Å². The third-order valence-corrected chi connectivity index (χ3v) is 8.82. The van der Waals surface area contributed by atoms with Gasteiger partial charge in [-0.1, -0.05) is 25.1 Å². The summed E-state index contributed by atoms with van der Waals surface area (Å²) in [7, 11) is 0. The molecule has 4 atom stereocenters. The van der Waals surface area contributed by atoms with E-state index in [0.717, 1.165) is 36.1 Å². The Labute approximate surface area is 212 Å². The fraction of sp³-hybridized carbons (Fsp3) is 0.433. The molecule has 1 saturated carbocycles. The first-order chi connectivity index (χ1) is 17.2. The molecular formula is C30H35N3O3. The van der Waals surface area contributed by atoms with E-state index in [0.29, 0.717) is 30.6 Å². The molecule has 5 rings (SSSR count). The zero-order chi connectivity index (χ0) is 25.6. The van der Waals surface area contributed by atoms with E-state index in [2.05, 4.69) is 28.3 Å². The Kier molecular flexibility index (Phi) is 6.21. The summed E-state index contributed by atoms with van der Waals surface area (Å²) in [6.45, 7) is 6.28. The molecule has 2 aliphatic carbocycles. The number of rotatable bonds is 5. The fourth-order valence-electron chi connectivity index (χ4n) is 6.70. The third kappa shape index (κ3) is 3.93. The van der Waals surface area contributed by atoms with Crippen LogP contribution in [0.2, 0.25) is 0 Å². The van der Waals surface area contributed by atoms with E-state index in [4.69, 9.17) is 0 Å². The Morgan fingerprint density at radius 2 is 1.92 bits per heavy atom. The van der Waals surface area contributed by atoms with Crippen LogP contribution in [0.1, 0.15) is 78.0 Å². The fourth-order valence-corrected chi connectivity index (χ4v) is 6.70. The van der Waals surface area contributed by atoms with Crippen molar-refractivity contribution in [1.82, 2.24) is 15.3 Å². The van der Waals surface area contributed by atoms with Gasteiger partial charge in [0.15, 0.2) is 0 Å². The molecule has 0 radical (unpaired) electrons. The smallest absolute Gasteiger partial charge is 0.251 e. The summed E-state index contributed by atoms with van der Waals surface area (Å²) in [6.07, 6.45) is 6.90. The van der Waals surface area contributed by atoms with Crippen LogP contribution in [0, 0.1) is 12.8 Å². The van der Waals surface area contributed by atoms with Crippen LogP contribution in [0.25, 0.3) is 0 Å². The monoisotopic (exact) mass is 485 g/mol. The summed E-state index contributed by atoms with van der Waals surface area (Å²) >= 11 is 0. The Balaban J connectivity index is 1.43. The van der Waals surface area contributed by atoms with Crippen molar-refractivity contribution in [3.63, 3.8) is 0 Å². The largest absolute Gasteiger partial charge is 0.387 e. The minimum Gasteiger partial charge on any atom is -0.387 e. The van der Waals surface area contributed by atoms with Crippen molar-refractivity contribution in [2.45, 2.75) is 76.0 Å². The van der Waals surface area contributed by atoms with Crippen molar-refractivity contribution in [2.75, 3.05) is 0 Å². The van der Waals surface area contributed by atoms with E-state index in [1.54, 1.807) is 19.3 Å². The summed E-state index contributed by atoms with van der Waals surface area (Å²) in [6, 6.07) is 15.3. The molecule has 0 aliphatic heterocycles. The molecule has 36 heavy (non-hydrogen) atoms. The molecule has 0 unspecified atom stereocenters. The van der Waals surface area contributed by atoms with Gasteiger partial charge in [0, 0.05) is 35.6 Å². The van der Waals surface area contributed by atoms with Gasteiger partial charge in [-0.3, -0.25) is 14.8 Å². The number of aromatic nitrogens is 2. The summed E-state index contributed by atoms with van der Waals surface area (Å²) in [4.78, 5) is 21.7. The summed E-state index contributed by atoms with van der Waals surface area (Å²) in [5.41, 5.74) is 2.44. The molecule has 1 fully saturated rings. The molecule has 1 aromatic carbocycles. The predicted molar refractivity (Wildman–Crippen MR) is 138 cm³/mol. The molecule has 2 heterocycles. The normalized spacial score (nSPS) is 29.2. The van der Waals surface area contributed by atoms with Crippen LogP contribution in [0.3, 0.4) is 0 Å². The van der Waals surface area contributed by atoms with Crippen molar-refractivity contribution in [1.29, 1.82) is 0 Å². The first-order valence-corrected chi connectivity index (χ1v) is 12.9. The van der Waals surface area contributed by atoms with E-state index in [-0.39, 0.29) is 17.2 Å². The average Bonchev–Trinajstić information content (AvgIpc) is 2.88. The standard InChI is InChI=1S/C30H35N3O3/c1-4-29-19-28(3,35)30(36,26-9-5-6-14-32-26)17-24(29)12-10-21-16-22(11-13-25(21)29)27(34)33-18-23-8-7-15-31-20(23)2/h5-9,11,13-16,24,35-36H,4,10,12,17-19H2,1-3H3,(H,33,34)/t24-,28-,29-,30-/m1/s1. The highest BCUT2D eigenvalue weighted by Gasteiger charge is 2.61. The van der Waals surface area contributed by atoms with Crippen molar-refractivity contribution >= 4 is 5.91 Å². The van der Waals surface area contributed by atoms with E-state index in [9.17, 15) is 15.0 Å². The quantitative estimate of drug-likeness (QED) is 0.499. The number of hydrogen-bond donors (Lipinski definition) is 3. The van der Waals surface area contributed by atoms with Gasteiger partial charge in [-0.05, 0) is 98.9 Å². The Morgan fingerprint density at radius 3 is 2.64 bits per heavy atom. The van der Waals surface area contributed by atoms with Gasteiger partial charge in [0.2, 0.25) is 0 Å². The van der Waals surface area contributed by atoms with Crippen LogP contribution < -0.4 is 5.32 Å². The minimum absolute atomic E-state index is 0.103. The molecule has 0 spiro atoms. The van der Waals surface area contributed by atoms with E-state index in [1.807, 2.05) is 49.4 Å². The van der Waals surface area contributed by atoms with Crippen LogP contribution in [-0.4, -0.2) is 31.7 Å². The van der Waals surface area contributed by atoms with Crippen LogP contribution in [0.4, 0.5) is 0 Å². The number of benzene rings is 1. The summed E-state index contributed by atoms with van der Waals surface area (Å²) in [5, 5.41) is 26.5. The summed E-state index contributed by atoms with van der Waals surface area (Å²) < 4.78 is 0. The molecule has 6 nitrogen and oxygen atoms in total. The maximum atomic E-state index is 13.0. The topological polar surface area (TPSA) is 95.3 Å². The molecule has 0 saturated heterocycles. The third-order valence-electron chi connectivity index (χ3n) is 8.82. The SMILES string of the molecule is CC[C@@]12C[C@@](C)(O)[C@](O)(c3ccccn3)C[C@H]1CCc1cc(C(=O)NCc3cccnc3C)ccc12. The number of amides is 1. The number of nitrogens with zero attached hydrogens (tertiary/aromatic N) is 2. The van der Waals surface area contributed by atoms with E-state index >= 15 is 0 Å². The number of pyridine rings is 2. The second kappa shape index (κ2) is 9.09. The second-order valence-electron chi connectivity index (χ2n) is 10.8. The minimum atomic E-state index is -1.40. The highest BCUT2D eigenvalue weighted by Crippen LogP contribution is 2.59. The van der Waals surface area contributed by atoms with Crippen LogP contribution in [-0.2, 0) is 24.0 Å². The molecule has 2 aromatic heterocycles. The molecule has 0 bridgehead atoms. The molecule has 188 valence electrons. The van der Waals surface area contributed by atoms with Gasteiger partial charge in [-0.25, -0.2) is 0 Å². The van der Waals surface area contributed by atoms with Crippen molar-refractivity contribution < 1.29 is 15.0 Å². The van der Waals surface area contributed by atoms with Gasteiger partial charge in [0.1, 0.15) is 5.60 Å². The maximum Gasteiger partial charge on any atom is 0.251 e. The second-order valence-corrected chi connectivity index (χ2v) is 10.8. The highest BCUT2D eigenvalue weighted by molar-refractivity contribution is 5.94. The predicted octanol–water partition coefficient (Wildman–Crippen LogP) is 4.36. The zero-order valence-corrected chi connectivity index (χ0v) is 21.3. The average molecular weight is 486 g/mol. The molecule has 1 amide bonds. The summed E-state index contributed by atoms with van der Waals surface area (Å²) in [5.74, 6) is 0.101. The van der Waals surface area contributed by atoms with Gasteiger partial charge >= 0.3 is 0 Å². The lowest BCUT2D eigenvalue weighted by atomic mass is 9.49. The van der Waals surface area contributed by atoms with Crippen LogP contribution >= 0.6 is 0 Å². The number of aliphatic hydroxyl groups is 2. The zero-order valence-electron chi connectivity index (χ0n) is 21.3. The Bertz CT molecular complexity index is 1280. The van der Waals surface area contributed by atoms with Gasteiger partial charge < -0.3 is 15.5 Å². The van der Waals surface area contributed by atoms with Crippen molar-refractivity contribution in [3.05, 3.63) is 94.6 Å². The van der Waals surface area contributed by atoms with E-state index in [1.165, 1.54) is 5.56 Å². The van der Waals surface area contributed by atoms with E-state index < -0.39 is 11.2 Å². The van der Waals surface area contributed by atoms with Gasteiger partial charge in [-0.2, -0.15) is 0 Å². The maximum absolute atomic E-state index is 13.0. The van der Waals surface area contributed by atoms with Gasteiger partial charge in [0.05, 0.1) is 11.3 Å². The number of aryl methyl sites for hydroxylation is 2. The number of carbonyl (C=O) groups is 1. The van der Waals surface area contributed by atoms with Crippen molar-refractivity contribution in [2.24, 2.45) is 5.92 Å². The number of nitrogens with one attached hydrogen (secondary N) is 1. The number of fused-ring (bicyclic) bond motifs is 3. The first kappa shape index (κ1) is 24.6. The molecule has 3 aromatic rings. The molecular weight excluding hydrogens is 450 g/mol. The first-order valence-electron chi connectivity index (χ1n) is 12.9. The molecule has 2 aliphatic rings. The van der Waals surface area contributed by atoms with Crippen LogP contribution in [0.5, 0.6) is 0 Å². The highest BCUT2D eigenvalue weighted by atomic mass is 16.4.